The smallest absolute Gasteiger partial charge is 0.417 e. The van der Waals surface area contributed by atoms with Gasteiger partial charge in [0.2, 0.25) is 0 Å². The molecule has 156 valence electrons. The van der Waals surface area contributed by atoms with Gasteiger partial charge >= 0.3 is 11.9 Å². The van der Waals surface area contributed by atoms with E-state index in [4.69, 9.17) is 16.3 Å². The molecule has 2 aromatic rings. The Hall–Kier alpha value is -2.59. The van der Waals surface area contributed by atoms with Gasteiger partial charge in [-0.05, 0) is 12.1 Å². The van der Waals surface area contributed by atoms with Crippen LogP contribution in [0.4, 0.5) is 24.7 Å². The third-order valence-corrected chi connectivity index (χ3v) is 4.83. The van der Waals surface area contributed by atoms with Crippen molar-refractivity contribution in [3.8, 4) is 5.75 Å². The van der Waals surface area contributed by atoms with Crippen LogP contribution in [-0.2, 0) is 6.18 Å². The Labute approximate surface area is 169 Å². The number of hydrogen-bond donors (Lipinski definition) is 0. The quantitative estimate of drug-likeness (QED) is 0.512. The van der Waals surface area contributed by atoms with Gasteiger partial charge in [-0.25, -0.2) is 4.98 Å². The molecule has 2 heterocycles. The standard InChI is InChI=1S/C18H18ClF3N4O3/c19-14-11-13(18(20,21)22)12-23-17(14)25-7-5-24(6-8-25)9-10-29-16-4-2-1-3-15(16)26(27)28/h1-4,11-12H,5-10H2. The lowest BCUT2D eigenvalue weighted by atomic mass is 10.2. The summed E-state index contributed by atoms with van der Waals surface area (Å²) < 4.78 is 43.7. The fourth-order valence-corrected chi connectivity index (χ4v) is 3.30. The van der Waals surface area contributed by atoms with Crippen molar-refractivity contribution in [1.29, 1.82) is 0 Å². The van der Waals surface area contributed by atoms with Crippen LogP contribution in [0.1, 0.15) is 5.56 Å². The van der Waals surface area contributed by atoms with E-state index in [1.54, 1.807) is 18.2 Å². The normalized spacial score (nSPS) is 15.4. The number of halogens is 4. The predicted molar refractivity (Wildman–Crippen MR) is 101 cm³/mol. The number of ether oxygens (including phenoxy) is 1. The zero-order valence-corrected chi connectivity index (χ0v) is 16.0. The summed E-state index contributed by atoms with van der Waals surface area (Å²) in [5, 5.41) is 11.0. The number of nitro groups is 1. The molecule has 0 N–H and O–H groups in total. The van der Waals surface area contributed by atoms with Crippen LogP contribution in [0.15, 0.2) is 36.5 Å². The number of nitro benzene ring substituents is 1. The lowest BCUT2D eigenvalue weighted by Crippen LogP contribution is -2.47. The summed E-state index contributed by atoms with van der Waals surface area (Å²) >= 11 is 6.00. The highest BCUT2D eigenvalue weighted by molar-refractivity contribution is 6.33. The molecule has 3 rings (SSSR count). The second-order valence-corrected chi connectivity index (χ2v) is 6.84. The van der Waals surface area contributed by atoms with Gasteiger partial charge in [0.15, 0.2) is 5.75 Å². The lowest BCUT2D eigenvalue weighted by molar-refractivity contribution is -0.385. The van der Waals surface area contributed by atoms with Gasteiger partial charge in [-0.2, -0.15) is 13.2 Å². The Balaban J connectivity index is 1.51. The highest BCUT2D eigenvalue weighted by atomic mass is 35.5. The van der Waals surface area contributed by atoms with Gasteiger partial charge in [0.05, 0.1) is 15.5 Å². The fourth-order valence-electron chi connectivity index (χ4n) is 3.02. The zero-order valence-electron chi connectivity index (χ0n) is 15.2. The average Bonchev–Trinajstić information content (AvgIpc) is 2.68. The van der Waals surface area contributed by atoms with Crippen LogP contribution in [0.5, 0.6) is 5.75 Å². The summed E-state index contributed by atoms with van der Waals surface area (Å²) in [6, 6.07) is 7.06. The third-order valence-electron chi connectivity index (χ3n) is 4.55. The van der Waals surface area contributed by atoms with Crippen LogP contribution in [0.25, 0.3) is 0 Å². The van der Waals surface area contributed by atoms with Crippen LogP contribution in [-0.4, -0.2) is 54.1 Å². The first-order valence-electron chi connectivity index (χ1n) is 8.82. The molecule has 7 nitrogen and oxygen atoms in total. The van der Waals surface area contributed by atoms with Crippen molar-refractivity contribution in [2.24, 2.45) is 0 Å². The minimum Gasteiger partial charge on any atom is -0.485 e. The molecule has 0 amide bonds. The SMILES string of the molecule is O=[N+]([O-])c1ccccc1OCCN1CCN(c2ncc(C(F)(F)F)cc2Cl)CC1. The van der Waals surface area contributed by atoms with Gasteiger partial charge in [-0.15, -0.1) is 0 Å². The Morgan fingerprint density at radius 3 is 2.52 bits per heavy atom. The predicted octanol–water partition coefficient (Wildman–Crippen LogP) is 3.86. The second kappa shape index (κ2) is 8.83. The van der Waals surface area contributed by atoms with Crippen molar-refractivity contribution in [2.45, 2.75) is 6.18 Å². The van der Waals surface area contributed by atoms with Crippen molar-refractivity contribution < 1.29 is 22.8 Å². The summed E-state index contributed by atoms with van der Waals surface area (Å²) in [5.41, 5.74) is -0.961. The molecule has 0 unspecified atom stereocenters. The Morgan fingerprint density at radius 2 is 1.90 bits per heavy atom. The van der Waals surface area contributed by atoms with Crippen molar-refractivity contribution in [3.05, 3.63) is 57.2 Å². The van der Waals surface area contributed by atoms with Crippen LogP contribution >= 0.6 is 11.6 Å². The summed E-state index contributed by atoms with van der Waals surface area (Å²) in [6.07, 6.45) is -3.70. The molecule has 0 aliphatic carbocycles. The molecule has 0 atom stereocenters. The maximum absolute atomic E-state index is 12.7. The van der Waals surface area contributed by atoms with E-state index in [9.17, 15) is 23.3 Å². The number of rotatable bonds is 6. The van der Waals surface area contributed by atoms with Gasteiger partial charge in [0, 0.05) is 45.0 Å². The van der Waals surface area contributed by atoms with Gasteiger partial charge in [-0.1, -0.05) is 23.7 Å². The Bertz CT molecular complexity index is 874. The van der Waals surface area contributed by atoms with Gasteiger partial charge in [0.1, 0.15) is 12.4 Å². The lowest BCUT2D eigenvalue weighted by Gasteiger charge is -2.35. The van der Waals surface area contributed by atoms with Crippen LogP contribution in [0.2, 0.25) is 5.02 Å². The van der Waals surface area contributed by atoms with Crippen LogP contribution in [0, 0.1) is 10.1 Å². The number of alkyl halides is 3. The first-order chi connectivity index (χ1) is 13.8. The van der Waals surface area contributed by atoms with E-state index < -0.39 is 16.7 Å². The summed E-state index contributed by atoms with van der Waals surface area (Å²) in [6.45, 7) is 3.21. The highest BCUT2D eigenvalue weighted by Gasteiger charge is 2.32. The number of anilines is 1. The first-order valence-corrected chi connectivity index (χ1v) is 9.20. The Morgan fingerprint density at radius 1 is 1.21 bits per heavy atom. The molecule has 0 radical (unpaired) electrons. The molecule has 29 heavy (non-hydrogen) atoms. The van der Waals surface area contributed by atoms with E-state index in [0.29, 0.717) is 38.5 Å². The van der Waals surface area contributed by atoms with Gasteiger partial charge < -0.3 is 9.64 Å². The van der Waals surface area contributed by atoms with E-state index in [1.165, 1.54) is 6.07 Å². The average molecular weight is 431 g/mol. The Kier molecular flexibility index (Phi) is 6.43. The molecule has 0 saturated carbocycles. The molecule has 1 saturated heterocycles. The maximum atomic E-state index is 12.7. The van der Waals surface area contributed by atoms with Gasteiger partial charge in [0.25, 0.3) is 0 Å². The van der Waals surface area contributed by atoms with E-state index in [2.05, 4.69) is 9.88 Å². The summed E-state index contributed by atoms with van der Waals surface area (Å²) in [7, 11) is 0. The van der Waals surface area contributed by atoms with Crippen molar-refractivity contribution in [3.63, 3.8) is 0 Å². The summed E-state index contributed by atoms with van der Waals surface area (Å²) in [5.74, 6) is 0.548. The molecular weight excluding hydrogens is 413 g/mol. The maximum Gasteiger partial charge on any atom is 0.417 e. The van der Waals surface area contributed by atoms with Crippen molar-refractivity contribution in [1.82, 2.24) is 9.88 Å². The molecule has 1 fully saturated rings. The molecule has 1 aromatic heterocycles. The molecular formula is C18H18ClF3N4O3. The monoisotopic (exact) mass is 430 g/mol. The number of piperazine rings is 1. The molecule has 0 spiro atoms. The first kappa shape index (κ1) is 21.1. The summed E-state index contributed by atoms with van der Waals surface area (Å²) in [4.78, 5) is 18.3. The van der Waals surface area contributed by atoms with E-state index >= 15 is 0 Å². The topological polar surface area (TPSA) is 71.7 Å². The largest absolute Gasteiger partial charge is 0.485 e. The number of para-hydroxylation sites is 2. The third kappa shape index (κ3) is 5.27. The van der Waals surface area contributed by atoms with E-state index in [1.807, 2.05) is 4.90 Å². The number of aromatic nitrogens is 1. The minimum atomic E-state index is -4.48. The molecule has 1 aliphatic rings. The van der Waals surface area contributed by atoms with Crippen LogP contribution < -0.4 is 9.64 Å². The molecule has 0 bridgehead atoms. The molecule has 1 aromatic carbocycles. The second-order valence-electron chi connectivity index (χ2n) is 6.43. The minimum absolute atomic E-state index is 0.0343. The number of nitrogens with zero attached hydrogens (tertiary/aromatic N) is 4. The van der Waals surface area contributed by atoms with E-state index in [-0.39, 0.29) is 23.1 Å². The number of hydrogen-bond acceptors (Lipinski definition) is 6. The highest BCUT2D eigenvalue weighted by Crippen LogP contribution is 2.33. The number of benzene rings is 1. The van der Waals surface area contributed by atoms with Crippen LogP contribution in [0.3, 0.4) is 0 Å². The van der Waals surface area contributed by atoms with Crippen molar-refractivity contribution >= 4 is 23.1 Å². The van der Waals surface area contributed by atoms with Crippen molar-refractivity contribution in [2.75, 3.05) is 44.2 Å². The molecule has 1 aliphatic heterocycles. The zero-order chi connectivity index (χ0) is 21.0. The van der Waals surface area contributed by atoms with Gasteiger partial charge in [-0.3, -0.25) is 15.0 Å². The molecule has 11 heteroatoms. The fraction of sp³-hybridized carbons (Fsp3) is 0.389. The van der Waals surface area contributed by atoms with E-state index in [0.717, 1.165) is 12.3 Å². The number of pyridine rings is 1.